The minimum Gasteiger partial charge on any atom is -0.339 e. The summed E-state index contributed by atoms with van der Waals surface area (Å²) < 4.78 is 0. The van der Waals surface area contributed by atoms with Crippen LogP contribution < -0.4 is 5.32 Å². The average Bonchev–Trinajstić information content (AvgIpc) is 2.75. The van der Waals surface area contributed by atoms with Gasteiger partial charge in [0, 0.05) is 12.7 Å². The second-order valence-electron chi connectivity index (χ2n) is 4.35. The third-order valence-corrected chi connectivity index (χ3v) is 2.62. The molecular weight excluding hydrogens is 212 g/mol. The van der Waals surface area contributed by atoms with E-state index in [1.54, 1.807) is 6.20 Å². The summed E-state index contributed by atoms with van der Waals surface area (Å²) in [5.41, 5.74) is 3.14. The number of hydrogen-bond acceptors (Lipinski definition) is 3. The predicted molar refractivity (Wildman–Crippen MR) is 68.7 cm³/mol. The van der Waals surface area contributed by atoms with Crippen molar-refractivity contribution in [1.82, 2.24) is 20.3 Å². The monoisotopic (exact) mass is 230 g/mol. The second kappa shape index (κ2) is 5.10. The highest BCUT2D eigenvalue weighted by Crippen LogP contribution is 2.21. The molecule has 0 bridgehead atoms. The van der Waals surface area contributed by atoms with Gasteiger partial charge in [0.05, 0.1) is 11.4 Å². The Balaban J connectivity index is 2.40. The van der Waals surface area contributed by atoms with E-state index in [0.29, 0.717) is 5.92 Å². The van der Waals surface area contributed by atoms with Gasteiger partial charge < -0.3 is 10.3 Å². The molecule has 4 nitrogen and oxygen atoms in total. The quantitative estimate of drug-likeness (QED) is 0.847. The van der Waals surface area contributed by atoms with Crippen molar-refractivity contribution in [3.8, 4) is 11.5 Å². The Hall–Kier alpha value is -1.68. The van der Waals surface area contributed by atoms with Crippen molar-refractivity contribution in [1.29, 1.82) is 0 Å². The molecule has 0 aromatic carbocycles. The van der Waals surface area contributed by atoms with E-state index < -0.39 is 0 Å². The SMILES string of the molecule is CNCc1[nH]c(-c2ccccn2)nc1C(C)C. The van der Waals surface area contributed by atoms with Crippen molar-refractivity contribution < 1.29 is 0 Å². The first-order chi connectivity index (χ1) is 8.22. The number of rotatable bonds is 4. The molecular formula is C13H18N4. The first-order valence-electron chi connectivity index (χ1n) is 5.87. The summed E-state index contributed by atoms with van der Waals surface area (Å²) in [6.45, 7) is 5.10. The zero-order chi connectivity index (χ0) is 12.3. The van der Waals surface area contributed by atoms with Crippen molar-refractivity contribution in [2.75, 3.05) is 7.05 Å². The Morgan fingerprint density at radius 1 is 1.35 bits per heavy atom. The molecule has 2 aromatic heterocycles. The van der Waals surface area contributed by atoms with Crippen molar-refractivity contribution in [2.24, 2.45) is 0 Å². The van der Waals surface area contributed by atoms with Crippen LogP contribution in [0.15, 0.2) is 24.4 Å². The molecule has 0 amide bonds. The molecule has 0 saturated carbocycles. The Morgan fingerprint density at radius 3 is 2.76 bits per heavy atom. The maximum Gasteiger partial charge on any atom is 0.156 e. The maximum atomic E-state index is 4.64. The maximum absolute atomic E-state index is 4.64. The van der Waals surface area contributed by atoms with Crippen LogP contribution in [0.5, 0.6) is 0 Å². The number of H-pyrrole nitrogens is 1. The van der Waals surface area contributed by atoms with Gasteiger partial charge in [-0.3, -0.25) is 4.98 Å². The van der Waals surface area contributed by atoms with Crippen molar-refractivity contribution in [2.45, 2.75) is 26.3 Å². The van der Waals surface area contributed by atoms with Gasteiger partial charge in [0.25, 0.3) is 0 Å². The van der Waals surface area contributed by atoms with E-state index >= 15 is 0 Å². The van der Waals surface area contributed by atoms with Crippen LogP contribution >= 0.6 is 0 Å². The van der Waals surface area contributed by atoms with Gasteiger partial charge in [-0.2, -0.15) is 0 Å². The van der Waals surface area contributed by atoms with E-state index in [4.69, 9.17) is 0 Å². The molecule has 17 heavy (non-hydrogen) atoms. The largest absolute Gasteiger partial charge is 0.339 e. The lowest BCUT2D eigenvalue weighted by atomic mass is 10.1. The average molecular weight is 230 g/mol. The van der Waals surface area contributed by atoms with Crippen LogP contribution in [0.4, 0.5) is 0 Å². The van der Waals surface area contributed by atoms with Gasteiger partial charge in [0.1, 0.15) is 5.69 Å². The Bertz CT molecular complexity index is 473. The smallest absolute Gasteiger partial charge is 0.156 e. The molecule has 0 aliphatic rings. The first-order valence-corrected chi connectivity index (χ1v) is 5.87. The van der Waals surface area contributed by atoms with Crippen LogP contribution in [0.2, 0.25) is 0 Å². The third-order valence-electron chi connectivity index (χ3n) is 2.62. The minimum absolute atomic E-state index is 0.409. The number of aromatic amines is 1. The Labute approximate surface area is 102 Å². The Morgan fingerprint density at radius 2 is 2.18 bits per heavy atom. The van der Waals surface area contributed by atoms with Crippen LogP contribution in [0.3, 0.4) is 0 Å². The number of nitrogens with zero attached hydrogens (tertiary/aromatic N) is 2. The predicted octanol–water partition coefficient (Wildman–Crippen LogP) is 2.31. The number of aromatic nitrogens is 3. The standard InChI is InChI=1S/C13H18N4/c1-9(2)12-11(8-14-3)16-13(17-12)10-6-4-5-7-15-10/h4-7,9,14H,8H2,1-3H3,(H,16,17). The normalized spacial score (nSPS) is 11.1. The van der Waals surface area contributed by atoms with Crippen molar-refractivity contribution in [3.63, 3.8) is 0 Å². The number of imidazole rings is 1. The van der Waals surface area contributed by atoms with Gasteiger partial charge in [0.15, 0.2) is 5.82 Å². The van der Waals surface area contributed by atoms with E-state index in [1.165, 1.54) is 0 Å². The van der Waals surface area contributed by atoms with E-state index in [9.17, 15) is 0 Å². The molecule has 90 valence electrons. The molecule has 2 rings (SSSR count). The number of hydrogen-bond donors (Lipinski definition) is 2. The fraction of sp³-hybridized carbons (Fsp3) is 0.385. The van der Waals surface area contributed by atoms with E-state index in [1.807, 2.05) is 25.2 Å². The highest BCUT2D eigenvalue weighted by atomic mass is 15.0. The first kappa shape index (κ1) is 11.8. The summed E-state index contributed by atoms with van der Waals surface area (Å²) >= 11 is 0. The summed E-state index contributed by atoms with van der Waals surface area (Å²) in [5.74, 6) is 1.26. The molecule has 0 unspecified atom stereocenters. The fourth-order valence-corrected chi connectivity index (χ4v) is 1.84. The minimum atomic E-state index is 0.409. The molecule has 0 saturated heterocycles. The summed E-state index contributed by atoms with van der Waals surface area (Å²) in [6, 6.07) is 5.84. The summed E-state index contributed by atoms with van der Waals surface area (Å²) in [5, 5.41) is 3.15. The summed E-state index contributed by atoms with van der Waals surface area (Å²) in [7, 11) is 1.94. The number of nitrogens with one attached hydrogen (secondary N) is 2. The molecule has 4 heteroatoms. The summed E-state index contributed by atoms with van der Waals surface area (Å²) in [4.78, 5) is 12.3. The highest BCUT2D eigenvalue weighted by Gasteiger charge is 2.14. The van der Waals surface area contributed by atoms with Gasteiger partial charge in [-0.15, -0.1) is 0 Å². The van der Waals surface area contributed by atoms with E-state index in [0.717, 1.165) is 29.5 Å². The van der Waals surface area contributed by atoms with Crippen LogP contribution in [-0.2, 0) is 6.54 Å². The lowest BCUT2D eigenvalue weighted by molar-refractivity contribution is 0.750. The molecule has 0 spiro atoms. The van der Waals surface area contributed by atoms with Crippen LogP contribution in [-0.4, -0.2) is 22.0 Å². The van der Waals surface area contributed by atoms with Gasteiger partial charge >= 0.3 is 0 Å². The van der Waals surface area contributed by atoms with Crippen LogP contribution in [0.1, 0.15) is 31.2 Å². The molecule has 0 fully saturated rings. The Kier molecular flexibility index (Phi) is 3.54. The molecule has 2 aromatic rings. The fourth-order valence-electron chi connectivity index (χ4n) is 1.84. The lowest BCUT2D eigenvalue weighted by Crippen LogP contribution is -2.08. The van der Waals surface area contributed by atoms with Gasteiger partial charge in [-0.05, 0) is 25.1 Å². The number of pyridine rings is 1. The molecule has 0 aliphatic carbocycles. The molecule has 0 atom stereocenters. The zero-order valence-electron chi connectivity index (χ0n) is 10.5. The zero-order valence-corrected chi connectivity index (χ0v) is 10.5. The topological polar surface area (TPSA) is 53.6 Å². The molecule has 0 radical (unpaired) electrons. The van der Waals surface area contributed by atoms with E-state index in [-0.39, 0.29) is 0 Å². The van der Waals surface area contributed by atoms with Gasteiger partial charge in [-0.1, -0.05) is 19.9 Å². The molecule has 2 heterocycles. The summed E-state index contributed by atoms with van der Waals surface area (Å²) in [6.07, 6.45) is 1.78. The van der Waals surface area contributed by atoms with E-state index in [2.05, 4.69) is 34.1 Å². The highest BCUT2D eigenvalue weighted by molar-refractivity contribution is 5.50. The lowest BCUT2D eigenvalue weighted by Gasteiger charge is -2.03. The van der Waals surface area contributed by atoms with Crippen LogP contribution in [0, 0.1) is 0 Å². The second-order valence-corrected chi connectivity index (χ2v) is 4.35. The molecule has 0 aliphatic heterocycles. The van der Waals surface area contributed by atoms with Crippen LogP contribution in [0.25, 0.3) is 11.5 Å². The molecule has 2 N–H and O–H groups in total. The van der Waals surface area contributed by atoms with Gasteiger partial charge in [0.2, 0.25) is 0 Å². The van der Waals surface area contributed by atoms with Crippen molar-refractivity contribution in [3.05, 3.63) is 35.8 Å². The van der Waals surface area contributed by atoms with Gasteiger partial charge in [-0.25, -0.2) is 4.98 Å². The third kappa shape index (κ3) is 2.53. The van der Waals surface area contributed by atoms with Crippen molar-refractivity contribution >= 4 is 0 Å².